The average Bonchev–Trinajstić information content (AvgIpc) is 2.62. The fraction of sp³-hybridized carbons (Fsp3) is 0.100. The van der Waals surface area contributed by atoms with Gasteiger partial charge in [-0.3, -0.25) is 9.78 Å². The van der Waals surface area contributed by atoms with Crippen molar-refractivity contribution in [2.24, 2.45) is 0 Å². The molecule has 0 fully saturated rings. The zero-order chi connectivity index (χ0) is 10.8. The molecule has 0 aliphatic heterocycles. The highest BCUT2D eigenvalue weighted by atomic mass is 35.5. The van der Waals surface area contributed by atoms with Gasteiger partial charge in [0.15, 0.2) is 0 Å². The standard InChI is InChI=1S/C10H8ClN3O.ClH/c1-7-9(10(11)15)6-14(13-7)8-3-2-4-12-5-8;/h2-6H,1H3;1H. The van der Waals surface area contributed by atoms with Crippen LogP contribution in [0.25, 0.3) is 5.69 Å². The maximum absolute atomic E-state index is 11.0. The number of hydrogen-bond donors (Lipinski definition) is 0. The van der Waals surface area contributed by atoms with Crippen LogP contribution in [-0.4, -0.2) is 20.0 Å². The minimum Gasteiger partial charge on any atom is -0.275 e. The van der Waals surface area contributed by atoms with Crippen LogP contribution in [0.5, 0.6) is 0 Å². The lowest BCUT2D eigenvalue weighted by Gasteiger charge is -1.97. The van der Waals surface area contributed by atoms with Crippen molar-refractivity contribution in [3.63, 3.8) is 0 Å². The first-order valence-electron chi connectivity index (χ1n) is 4.35. The van der Waals surface area contributed by atoms with Crippen LogP contribution in [0.15, 0.2) is 30.7 Å². The van der Waals surface area contributed by atoms with Crippen LogP contribution in [-0.2, 0) is 0 Å². The number of carbonyl (C=O) groups excluding carboxylic acids is 1. The van der Waals surface area contributed by atoms with E-state index in [4.69, 9.17) is 11.6 Å². The topological polar surface area (TPSA) is 47.8 Å². The van der Waals surface area contributed by atoms with Crippen LogP contribution in [0, 0.1) is 6.92 Å². The second-order valence-corrected chi connectivity index (χ2v) is 3.40. The van der Waals surface area contributed by atoms with E-state index in [0.717, 1.165) is 5.69 Å². The zero-order valence-corrected chi connectivity index (χ0v) is 10.00. The summed E-state index contributed by atoms with van der Waals surface area (Å²) >= 11 is 5.40. The summed E-state index contributed by atoms with van der Waals surface area (Å²) in [5.74, 6) is 0. The molecule has 0 aliphatic carbocycles. The number of carbonyl (C=O) groups is 1. The quantitative estimate of drug-likeness (QED) is 0.777. The highest BCUT2D eigenvalue weighted by Gasteiger charge is 2.11. The van der Waals surface area contributed by atoms with Crippen molar-refractivity contribution < 1.29 is 4.79 Å². The molecule has 0 bridgehead atoms. The van der Waals surface area contributed by atoms with Crippen molar-refractivity contribution in [2.45, 2.75) is 6.92 Å². The molecule has 2 heterocycles. The van der Waals surface area contributed by atoms with Crippen LogP contribution in [0.1, 0.15) is 16.1 Å². The van der Waals surface area contributed by atoms with Gasteiger partial charge in [0.05, 0.1) is 23.1 Å². The third kappa shape index (κ3) is 2.40. The van der Waals surface area contributed by atoms with Gasteiger partial charge in [-0.1, -0.05) is 0 Å². The van der Waals surface area contributed by atoms with E-state index in [2.05, 4.69) is 10.1 Å². The summed E-state index contributed by atoms with van der Waals surface area (Å²) in [7, 11) is 0. The largest absolute Gasteiger partial charge is 0.275 e. The lowest BCUT2D eigenvalue weighted by molar-refractivity contribution is 0.108. The Hall–Kier alpha value is -1.39. The normalized spacial score (nSPS) is 9.62. The van der Waals surface area contributed by atoms with Crippen LogP contribution in [0.4, 0.5) is 0 Å². The van der Waals surface area contributed by atoms with Crippen LogP contribution in [0.3, 0.4) is 0 Å². The zero-order valence-electron chi connectivity index (χ0n) is 8.42. The molecule has 0 N–H and O–H groups in total. The molecule has 84 valence electrons. The second kappa shape index (κ2) is 5.09. The van der Waals surface area contributed by atoms with Gasteiger partial charge in [-0.15, -0.1) is 12.4 Å². The Morgan fingerprint density at radius 1 is 1.50 bits per heavy atom. The predicted octanol–water partition coefficient (Wildman–Crippen LogP) is 2.38. The monoisotopic (exact) mass is 257 g/mol. The maximum atomic E-state index is 11.0. The molecule has 2 aromatic rings. The van der Waals surface area contributed by atoms with Gasteiger partial charge in [-0.25, -0.2) is 4.68 Å². The summed E-state index contributed by atoms with van der Waals surface area (Å²) in [5.41, 5.74) is 1.82. The number of nitrogens with zero attached hydrogens (tertiary/aromatic N) is 3. The Balaban J connectivity index is 0.00000128. The molecule has 6 heteroatoms. The van der Waals surface area contributed by atoms with Gasteiger partial charge in [0, 0.05) is 12.4 Å². The van der Waals surface area contributed by atoms with E-state index in [9.17, 15) is 4.79 Å². The van der Waals surface area contributed by atoms with E-state index >= 15 is 0 Å². The first kappa shape index (κ1) is 12.7. The molecule has 0 aliphatic rings. The van der Waals surface area contributed by atoms with Gasteiger partial charge in [-0.05, 0) is 30.7 Å². The smallest absolute Gasteiger partial charge is 0.255 e. The number of aryl methyl sites for hydroxylation is 1. The number of rotatable bonds is 2. The predicted molar refractivity (Wildman–Crippen MR) is 63.5 cm³/mol. The fourth-order valence-electron chi connectivity index (χ4n) is 1.27. The van der Waals surface area contributed by atoms with Gasteiger partial charge in [0.1, 0.15) is 0 Å². The summed E-state index contributed by atoms with van der Waals surface area (Å²) < 4.78 is 1.58. The lowest BCUT2D eigenvalue weighted by Crippen LogP contribution is -1.94. The Morgan fingerprint density at radius 3 is 2.75 bits per heavy atom. The van der Waals surface area contributed by atoms with Crippen molar-refractivity contribution in [3.05, 3.63) is 42.0 Å². The molecule has 2 aromatic heterocycles. The summed E-state index contributed by atoms with van der Waals surface area (Å²) in [6, 6.07) is 3.65. The maximum Gasteiger partial charge on any atom is 0.255 e. The molecule has 0 saturated carbocycles. The highest BCUT2D eigenvalue weighted by molar-refractivity contribution is 6.67. The molecule has 0 atom stereocenters. The molecule has 0 aromatic carbocycles. The number of aromatic nitrogens is 3. The first-order chi connectivity index (χ1) is 7.18. The number of pyridine rings is 1. The van der Waals surface area contributed by atoms with Crippen molar-refractivity contribution in [2.75, 3.05) is 0 Å². The second-order valence-electron chi connectivity index (χ2n) is 3.06. The Kier molecular flexibility index (Phi) is 4.04. The van der Waals surface area contributed by atoms with E-state index in [1.54, 1.807) is 36.3 Å². The summed E-state index contributed by atoms with van der Waals surface area (Å²) in [5, 5.41) is 3.68. The van der Waals surface area contributed by atoms with Gasteiger partial charge in [0.2, 0.25) is 0 Å². The molecule has 4 nitrogen and oxygen atoms in total. The summed E-state index contributed by atoms with van der Waals surface area (Å²) in [6.07, 6.45) is 4.93. The molecule has 16 heavy (non-hydrogen) atoms. The number of halogens is 2. The molecular weight excluding hydrogens is 249 g/mol. The van der Waals surface area contributed by atoms with E-state index in [1.807, 2.05) is 6.07 Å². The average molecular weight is 258 g/mol. The van der Waals surface area contributed by atoms with E-state index in [0.29, 0.717) is 11.3 Å². The Morgan fingerprint density at radius 2 is 2.25 bits per heavy atom. The fourth-order valence-corrected chi connectivity index (χ4v) is 1.46. The molecule has 2 rings (SSSR count). The minimum atomic E-state index is -0.498. The van der Waals surface area contributed by atoms with Crippen molar-refractivity contribution in [1.82, 2.24) is 14.8 Å². The van der Waals surface area contributed by atoms with E-state index in [-0.39, 0.29) is 12.4 Å². The molecule has 0 radical (unpaired) electrons. The SMILES string of the molecule is Cc1nn(-c2cccnc2)cc1C(=O)Cl.Cl. The van der Waals surface area contributed by atoms with Crippen LogP contribution >= 0.6 is 24.0 Å². The van der Waals surface area contributed by atoms with Gasteiger partial charge >= 0.3 is 0 Å². The Labute approximate surface area is 104 Å². The van der Waals surface area contributed by atoms with Crippen molar-refractivity contribution in [1.29, 1.82) is 0 Å². The highest BCUT2D eigenvalue weighted by Crippen LogP contribution is 2.12. The van der Waals surface area contributed by atoms with E-state index < -0.39 is 5.24 Å². The molecule has 0 unspecified atom stereocenters. The lowest BCUT2D eigenvalue weighted by atomic mass is 10.3. The van der Waals surface area contributed by atoms with Crippen LogP contribution < -0.4 is 0 Å². The third-order valence-electron chi connectivity index (χ3n) is 2.02. The summed E-state index contributed by atoms with van der Waals surface area (Å²) in [6.45, 7) is 1.74. The van der Waals surface area contributed by atoms with Crippen molar-refractivity contribution in [3.8, 4) is 5.69 Å². The Bertz CT molecular complexity index is 496. The minimum absolute atomic E-state index is 0. The van der Waals surface area contributed by atoms with Crippen LogP contribution in [0.2, 0.25) is 0 Å². The molecule has 0 saturated heterocycles. The number of hydrogen-bond acceptors (Lipinski definition) is 3. The third-order valence-corrected chi connectivity index (χ3v) is 2.22. The molecule has 0 spiro atoms. The van der Waals surface area contributed by atoms with E-state index in [1.165, 1.54) is 0 Å². The van der Waals surface area contributed by atoms with Gasteiger partial charge in [-0.2, -0.15) is 5.10 Å². The van der Waals surface area contributed by atoms with Gasteiger partial charge in [0.25, 0.3) is 5.24 Å². The van der Waals surface area contributed by atoms with Crippen molar-refractivity contribution >= 4 is 29.3 Å². The van der Waals surface area contributed by atoms with Gasteiger partial charge < -0.3 is 0 Å². The molecule has 0 amide bonds. The first-order valence-corrected chi connectivity index (χ1v) is 4.73. The molecular formula is C10H9Cl2N3O. The summed E-state index contributed by atoms with van der Waals surface area (Å²) in [4.78, 5) is 15.0.